The smallest absolute Gasteiger partial charge is 0.125 e. The third-order valence-electron chi connectivity index (χ3n) is 4.68. The van der Waals surface area contributed by atoms with Crippen molar-refractivity contribution in [3.05, 3.63) is 59.2 Å². The molecule has 0 amide bonds. The van der Waals surface area contributed by atoms with Crippen molar-refractivity contribution >= 4 is 0 Å². The van der Waals surface area contributed by atoms with E-state index in [4.69, 9.17) is 15.2 Å². The van der Waals surface area contributed by atoms with Crippen molar-refractivity contribution in [3.63, 3.8) is 0 Å². The minimum atomic E-state index is -0.176. The molecule has 2 N–H and O–H groups in total. The van der Waals surface area contributed by atoms with Crippen molar-refractivity contribution in [2.45, 2.75) is 30.9 Å². The largest absolute Gasteiger partial charge is 0.497 e. The van der Waals surface area contributed by atoms with Gasteiger partial charge in [0.2, 0.25) is 0 Å². The molecule has 1 spiro atoms. The molecule has 0 radical (unpaired) electrons. The van der Waals surface area contributed by atoms with Crippen LogP contribution >= 0.6 is 0 Å². The molecule has 0 bridgehead atoms. The van der Waals surface area contributed by atoms with E-state index in [1.807, 2.05) is 18.2 Å². The molecule has 1 heterocycles. The number of nitrogens with two attached hydrogens (primary N) is 1. The molecule has 2 aliphatic rings. The highest BCUT2D eigenvalue weighted by atomic mass is 16.5. The predicted molar refractivity (Wildman–Crippen MR) is 81.7 cm³/mol. The van der Waals surface area contributed by atoms with Crippen LogP contribution in [0.5, 0.6) is 11.5 Å². The van der Waals surface area contributed by atoms with Gasteiger partial charge in [0.15, 0.2) is 0 Å². The van der Waals surface area contributed by atoms with Crippen LogP contribution in [0.25, 0.3) is 0 Å². The number of methoxy groups -OCH3 is 1. The van der Waals surface area contributed by atoms with Gasteiger partial charge >= 0.3 is 0 Å². The average Bonchev–Trinajstić information content (AvgIpc) is 2.84. The van der Waals surface area contributed by atoms with Crippen LogP contribution in [0.4, 0.5) is 0 Å². The first-order valence-corrected chi connectivity index (χ1v) is 7.38. The van der Waals surface area contributed by atoms with Gasteiger partial charge in [-0.2, -0.15) is 0 Å². The summed E-state index contributed by atoms with van der Waals surface area (Å²) >= 11 is 0. The van der Waals surface area contributed by atoms with Crippen molar-refractivity contribution in [2.24, 2.45) is 5.73 Å². The molecule has 0 saturated carbocycles. The summed E-state index contributed by atoms with van der Waals surface area (Å²) in [6.45, 7) is 0. The van der Waals surface area contributed by atoms with Crippen LogP contribution in [-0.4, -0.2) is 12.7 Å². The maximum atomic E-state index is 6.42. The Morgan fingerprint density at radius 1 is 1.14 bits per heavy atom. The summed E-state index contributed by atoms with van der Waals surface area (Å²) in [6, 6.07) is 14.5. The molecule has 0 unspecified atom stereocenters. The minimum Gasteiger partial charge on any atom is -0.497 e. The second kappa shape index (κ2) is 4.50. The van der Waals surface area contributed by atoms with E-state index in [0.717, 1.165) is 36.3 Å². The summed E-state index contributed by atoms with van der Waals surface area (Å²) in [5, 5.41) is 0. The lowest BCUT2D eigenvalue weighted by Gasteiger charge is -2.38. The third kappa shape index (κ3) is 2.00. The molecule has 0 fully saturated rings. The lowest BCUT2D eigenvalue weighted by molar-refractivity contribution is 0.0458. The number of rotatable bonds is 1. The van der Waals surface area contributed by atoms with Gasteiger partial charge in [0.1, 0.15) is 17.1 Å². The monoisotopic (exact) mass is 281 g/mol. The Hall–Kier alpha value is -2.00. The van der Waals surface area contributed by atoms with Crippen LogP contribution in [-0.2, 0) is 12.8 Å². The number of ether oxygens (including phenoxy) is 2. The quantitative estimate of drug-likeness (QED) is 0.874. The maximum absolute atomic E-state index is 6.42. The highest BCUT2D eigenvalue weighted by Crippen LogP contribution is 2.46. The summed E-state index contributed by atoms with van der Waals surface area (Å²) in [7, 11) is 1.67. The van der Waals surface area contributed by atoms with Gasteiger partial charge < -0.3 is 15.2 Å². The highest BCUT2D eigenvalue weighted by molar-refractivity contribution is 5.46. The molecule has 108 valence electrons. The van der Waals surface area contributed by atoms with Gasteiger partial charge in [-0.1, -0.05) is 24.3 Å². The number of benzene rings is 2. The number of fused-ring (bicyclic) bond motifs is 2. The molecular weight excluding hydrogens is 262 g/mol. The fourth-order valence-corrected chi connectivity index (χ4v) is 3.70. The Kier molecular flexibility index (Phi) is 2.73. The Morgan fingerprint density at radius 3 is 2.52 bits per heavy atom. The van der Waals surface area contributed by atoms with Crippen LogP contribution in [0.1, 0.15) is 29.2 Å². The van der Waals surface area contributed by atoms with Crippen LogP contribution in [0, 0.1) is 0 Å². The Bertz CT molecular complexity index is 670. The first-order chi connectivity index (χ1) is 10.2. The molecule has 0 saturated heterocycles. The minimum absolute atomic E-state index is 0.00170. The fraction of sp³-hybridized carbons (Fsp3) is 0.333. The molecule has 3 nitrogen and oxygen atoms in total. The number of hydrogen-bond donors (Lipinski definition) is 1. The summed E-state index contributed by atoms with van der Waals surface area (Å²) in [5.41, 5.74) is 10.1. The van der Waals surface area contributed by atoms with Crippen molar-refractivity contribution in [2.75, 3.05) is 7.11 Å². The van der Waals surface area contributed by atoms with E-state index in [1.54, 1.807) is 7.11 Å². The van der Waals surface area contributed by atoms with Crippen molar-refractivity contribution in [1.29, 1.82) is 0 Å². The van der Waals surface area contributed by atoms with Gasteiger partial charge in [-0.05, 0) is 29.3 Å². The zero-order chi connectivity index (χ0) is 14.4. The second-order valence-electron chi connectivity index (χ2n) is 6.12. The topological polar surface area (TPSA) is 44.5 Å². The van der Waals surface area contributed by atoms with Crippen LogP contribution in [0.2, 0.25) is 0 Å². The van der Waals surface area contributed by atoms with Gasteiger partial charge in [-0.25, -0.2) is 0 Å². The number of hydrogen-bond acceptors (Lipinski definition) is 3. The lowest BCUT2D eigenvalue weighted by atomic mass is 9.85. The van der Waals surface area contributed by atoms with Gasteiger partial charge in [0.25, 0.3) is 0 Å². The van der Waals surface area contributed by atoms with Crippen LogP contribution < -0.4 is 15.2 Å². The zero-order valence-electron chi connectivity index (χ0n) is 12.1. The van der Waals surface area contributed by atoms with E-state index < -0.39 is 0 Å². The molecule has 2 aromatic rings. The molecule has 0 aromatic heterocycles. The van der Waals surface area contributed by atoms with Gasteiger partial charge in [-0.15, -0.1) is 0 Å². The first-order valence-electron chi connectivity index (χ1n) is 7.38. The fourth-order valence-electron chi connectivity index (χ4n) is 3.70. The van der Waals surface area contributed by atoms with Crippen molar-refractivity contribution in [1.82, 2.24) is 0 Å². The molecule has 1 atom stereocenters. The van der Waals surface area contributed by atoms with E-state index in [9.17, 15) is 0 Å². The SMILES string of the molecule is COc1ccc2c(c1)[C@H](N)CC1(Cc3ccccc3C1)O2. The van der Waals surface area contributed by atoms with E-state index in [2.05, 4.69) is 24.3 Å². The van der Waals surface area contributed by atoms with E-state index in [1.165, 1.54) is 11.1 Å². The summed E-state index contributed by atoms with van der Waals surface area (Å²) in [4.78, 5) is 0. The van der Waals surface area contributed by atoms with Gasteiger partial charge in [0, 0.05) is 30.9 Å². The van der Waals surface area contributed by atoms with E-state index in [0.29, 0.717) is 0 Å². The normalized spacial score (nSPS) is 21.5. The van der Waals surface area contributed by atoms with E-state index >= 15 is 0 Å². The third-order valence-corrected chi connectivity index (χ3v) is 4.68. The molecule has 2 aromatic carbocycles. The standard InChI is InChI=1S/C18H19NO2/c1-20-14-6-7-17-15(8-14)16(19)11-18(21-17)9-12-4-2-3-5-13(12)10-18/h2-8,16H,9-11,19H2,1H3/t16-/m1/s1. The van der Waals surface area contributed by atoms with Crippen LogP contribution in [0.15, 0.2) is 42.5 Å². The Balaban J connectivity index is 1.70. The maximum Gasteiger partial charge on any atom is 0.125 e. The van der Waals surface area contributed by atoms with Crippen molar-refractivity contribution < 1.29 is 9.47 Å². The summed E-state index contributed by atoms with van der Waals surface area (Å²) < 4.78 is 11.7. The zero-order valence-corrected chi connectivity index (χ0v) is 12.1. The molecular formula is C18H19NO2. The molecule has 1 aliphatic heterocycles. The van der Waals surface area contributed by atoms with Gasteiger partial charge in [-0.3, -0.25) is 0 Å². The molecule has 4 rings (SSSR count). The Labute approximate surface area is 124 Å². The van der Waals surface area contributed by atoms with Crippen LogP contribution in [0.3, 0.4) is 0 Å². The highest BCUT2D eigenvalue weighted by Gasteiger charge is 2.44. The second-order valence-corrected chi connectivity index (χ2v) is 6.12. The first kappa shape index (κ1) is 12.7. The lowest BCUT2D eigenvalue weighted by Crippen LogP contribution is -2.43. The van der Waals surface area contributed by atoms with Gasteiger partial charge in [0.05, 0.1) is 7.11 Å². The van der Waals surface area contributed by atoms with E-state index in [-0.39, 0.29) is 11.6 Å². The molecule has 3 heteroatoms. The summed E-state index contributed by atoms with van der Waals surface area (Å²) in [6.07, 6.45) is 2.74. The Morgan fingerprint density at radius 2 is 1.86 bits per heavy atom. The van der Waals surface area contributed by atoms with Crippen molar-refractivity contribution in [3.8, 4) is 11.5 Å². The summed E-state index contributed by atoms with van der Waals surface area (Å²) in [5.74, 6) is 1.74. The molecule has 21 heavy (non-hydrogen) atoms. The predicted octanol–water partition coefficient (Wildman–Crippen LogP) is 3.02. The average molecular weight is 281 g/mol. The molecule has 1 aliphatic carbocycles.